The molecule has 1 saturated carbocycles. The van der Waals surface area contributed by atoms with Crippen LogP contribution in [0.1, 0.15) is 75.0 Å². The number of aliphatic hydroxyl groups is 1. The van der Waals surface area contributed by atoms with E-state index in [1.807, 2.05) is 19.1 Å². The molecule has 2 aliphatic heterocycles. The maximum Gasteiger partial charge on any atom is 0.271 e. The minimum Gasteiger partial charge on any atom is -0.491 e. The van der Waals surface area contributed by atoms with E-state index in [9.17, 15) is 9.90 Å². The summed E-state index contributed by atoms with van der Waals surface area (Å²) in [6.07, 6.45) is 6.82. The van der Waals surface area contributed by atoms with E-state index in [0.29, 0.717) is 36.4 Å². The minimum atomic E-state index is -0.626. The quantitative estimate of drug-likeness (QED) is 0.306. The third-order valence-electron chi connectivity index (χ3n) is 9.12. The van der Waals surface area contributed by atoms with Crippen LogP contribution in [0.5, 0.6) is 5.75 Å². The van der Waals surface area contributed by atoms with Gasteiger partial charge in [-0.2, -0.15) is 0 Å². The van der Waals surface area contributed by atoms with Gasteiger partial charge in [-0.1, -0.05) is 13.8 Å². The Morgan fingerprint density at radius 3 is 2.37 bits per heavy atom. The Hall–Kier alpha value is -3.15. The summed E-state index contributed by atoms with van der Waals surface area (Å²) in [5, 5.41) is 16.8. The normalized spacial score (nSPS) is 22.4. The number of piperidine rings is 1. The number of anilines is 4. The van der Waals surface area contributed by atoms with Crippen LogP contribution in [-0.4, -0.2) is 102 Å². The summed E-state index contributed by atoms with van der Waals surface area (Å²) in [6.45, 7) is 11.3. The van der Waals surface area contributed by atoms with Gasteiger partial charge in [0.2, 0.25) is 0 Å². The van der Waals surface area contributed by atoms with E-state index in [4.69, 9.17) is 15.5 Å². The van der Waals surface area contributed by atoms with Crippen molar-refractivity contribution in [1.82, 2.24) is 19.8 Å². The maximum absolute atomic E-state index is 12.4. The molecule has 236 valence electrons. The molecule has 0 spiro atoms. The molecule has 1 amide bonds. The van der Waals surface area contributed by atoms with E-state index in [1.54, 1.807) is 0 Å². The summed E-state index contributed by atoms with van der Waals surface area (Å²) in [5.41, 5.74) is 8.44. The van der Waals surface area contributed by atoms with Gasteiger partial charge >= 0.3 is 0 Å². The van der Waals surface area contributed by atoms with Crippen molar-refractivity contribution >= 4 is 28.9 Å². The summed E-state index contributed by atoms with van der Waals surface area (Å²) in [7, 11) is 2.21. The molecule has 1 aromatic carbocycles. The molecule has 2 aromatic rings. The number of amides is 1. The summed E-state index contributed by atoms with van der Waals surface area (Å²) in [5.74, 6) is 1.17. The van der Waals surface area contributed by atoms with Gasteiger partial charge < -0.3 is 36.0 Å². The highest BCUT2D eigenvalue weighted by Crippen LogP contribution is 2.36. The Balaban J connectivity index is 1.33. The number of ether oxygens (including phenoxy) is 1. The third-order valence-corrected chi connectivity index (χ3v) is 9.12. The van der Waals surface area contributed by atoms with Gasteiger partial charge in [0.15, 0.2) is 11.5 Å². The van der Waals surface area contributed by atoms with Gasteiger partial charge in [-0.05, 0) is 70.5 Å². The molecule has 0 unspecified atom stereocenters. The van der Waals surface area contributed by atoms with E-state index >= 15 is 0 Å². The fraction of sp³-hybridized carbons (Fsp3) is 0.656. The van der Waals surface area contributed by atoms with Crippen molar-refractivity contribution < 1.29 is 14.6 Å². The van der Waals surface area contributed by atoms with E-state index in [0.717, 1.165) is 101 Å². The van der Waals surface area contributed by atoms with Crippen molar-refractivity contribution in [3.05, 3.63) is 29.6 Å². The number of likely N-dealkylation sites (N-methyl/N-ethyl adjacent to an activating group) is 1. The number of nitrogens with two attached hydrogens (primary N) is 1. The number of aliphatic hydroxyl groups excluding tert-OH is 1. The van der Waals surface area contributed by atoms with Crippen molar-refractivity contribution in [2.24, 2.45) is 5.73 Å². The lowest BCUT2D eigenvalue weighted by atomic mass is 9.93. The second-order valence-electron chi connectivity index (χ2n) is 12.3. The Morgan fingerprint density at radius 1 is 1.00 bits per heavy atom. The lowest BCUT2D eigenvalue weighted by molar-refractivity contribution is 0.0981. The number of rotatable bonds is 11. The molecule has 5 rings (SSSR count). The van der Waals surface area contributed by atoms with Crippen LogP contribution in [0.2, 0.25) is 0 Å². The maximum atomic E-state index is 12.4. The number of aryl methyl sites for hydroxylation is 1. The van der Waals surface area contributed by atoms with Crippen LogP contribution in [-0.2, 0) is 6.42 Å². The number of primary amides is 1. The first kappa shape index (κ1) is 31.3. The van der Waals surface area contributed by atoms with E-state index in [2.05, 4.69) is 50.4 Å². The van der Waals surface area contributed by atoms with Gasteiger partial charge in [-0.25, -0.2) is 9.97 Å². The van der Waals surface area contributed by atoms with E-state index in [1.165, 1.54) is 0 Å². The number of carbonyl (C=O) groups is 1. The van der Waals surface area contributed by atoms with Crippen LogP contribution in [0.25, 0.3) is 0 Å². The van der Waals surface area contributed by atoms with Crippen molar-refractivity contribution in [2.45, 2.75) is 83.4 Å². The molecule has 5 N–H and O–H groups in total. The number of hydrogen-bond donors (Lipinski definition) is 4. The summed E-state index contributed by atoms with van der Waals surface area (Å²) in [4.78, 5) is 29.4. The molecule has 0 bridgehead atoms. The fourth-order valence-electron chi connectivity index (χ4n) is 6.48. The van der Waals surface area contributed by atoms with Gasteiger partial charge in [-0.15, -0.1) is 0 Å². The first-order valence-corrected chi connectivity index (χ1v) is 16.2. The number of benzene rings is 1. The predicted molar refractivity (Wildman–Crippen MR) is 172 cm³/mol. The molecule has 11 heteroatoms. The van der Waals surface area contributed by atoms with E-state index < -0.39 is 5.91 Å². The molecule has 3 heterocycles. The van der Waals surface area contributed by atoms with Crippen LogP contribution in [0.4, 0.5) is 23.0 Å². The van der Waals surface area contributed by atoms with Gasteiger partial charge in [0, 0.05) is 63.1 Å². The molecule has 3 fully saturated rings. The van der Waals surface area contributed by atoms with Gasteiger partial charge in [-0.3, -0.25) is 9.69 Å². The highest BCUT2D eigenvalue weighted by atomic mass is 16.5. The summed E-state index contributed by atoms with van der Waals surface area (Å²) in [6, 6.07) is 6.95. The van der Waals surface area contributed by atoms with E-state index in [-0.39, 0.29) is 17.8 Å². The number of piperazine rings is 1. The molecular weight excluding hydrogens is 544 g/mol. The fourth-order valence-corrected chi connectivity index (χ4v) is 6.48. The monoisotopic (exact) mass is 594 g/mol. The molecule has 1 aromatic heterocycles. The van der Waals surface area contributed by atoms with Crippen LogP contribution in [0.3, 0.4) is 0 Å². The summed E-state index contributed by atoms with van der Waals surface area (Å²) < 4.78 is 6.26. The average Bonchev–Trinajstić information content (AvgIpc) is 3.02. The molecule has 0 radical (unpaired) electrons. The number of aromatic nitrogens is 2. The van der Waals surface area contributed by atoms with Crippen molar-refractivity contribution in [3.8, 4) is 5.75 Å². The SMILES string of the molecule is CCCOc1cc(Nc2nc(NC3CCC(O)CC3)c(CC)nc2C(N)=O)ccc1N1CCC(N2CCN(C)CC2)CC1. The Morgan fingerprint density at radius 2 is 1.72 bits per heavy atom. The molecular formula is C32H50N8O3. The number of nitrogens with one attached hydrogen (secondary N) is 2. The van der Waals surface area contributed by atoms with Crippen molar-refractivity contribution in [2.75, 3.05) is 68.5 Å². The topological polar surface area (TPSA) is 132 Å². The first-order chi connectivity index (χ1) is 20.8. The summed E-state index contributed by atoms with van der Waals surface area (Å²) >= 11 is 0. The third kappa shape index (κ3) is 7.87. The zero-order valence-corrected chi connectivity index (χ0v) is 26.1. The van der Waals surface area contributed by atoms with Crippen LogP contribution < -0.4 is 26.0 Å². The molecule has 1 aliphatic carbocycles. The largest absolute Gasteiger partial charge is 0.491 e. The van der Waals surface area contributed by atoms with Crippen LogP contribution >= 0.6 is 0 Å². The highest BCUT2D eigenvalue weighted by Gasteiger charge is 2.28. The highest BCUT2D eigenvalue weighted by molar-refractivity contribution is 5.96. The van der Waals surface area contributed by atoms with Gasteiger partial charge in [0.1, 0.15) is 11.6 Å². The molecule has 2 saturated heterocycles. The van der Waals surface area contributed by atoms with Gasteiger partial charge in [0.25, 0.3) is 5.91 Å². The molecule has 11 nitrogen and oxygen atoms in total. The molecule has 0 atom stereocenters. The second-order valence-corrected chi connectivity index (χ2v) is 12.3. The Kier molecular flexibility index (Phi) is 10.6. The van der Waals surface area contributed by atoms with Gasteiger partial charge in [0.05, 0.1) is 24.1 Å². The van der Waals surface area contributed by atoms with Crippen LogP contribution in [0, 0.1) is 0 Å². The minimum absolute atomic E-state index is 0.118. The number of hydrogen-bond acceptors (Lipinski definition) is 10. The number of carbonyl (C=O) groups excluding carboxylic acids is 1. The lowest BCUT2D eigenvalue weighted by Crippen LogP contribution is -2.52. The Bertz CT molecular complexity index is 1220. The predicted octanol–water partition coefficient (Wildman–Crippen LogP) is 3.60. The second kappa shape index (κ2) is 14.5. The molecule has 3 aliphatic rings. The van der Waals surface area contributed by atoms with Crippen molar-refractivity contribution in [1.29, 1.82) is 0 Å². The smallest absolute Gasteiger partial charge is 0.271 e. The lowest BCUT2D eigenvalue weighted by Gasteiger charge is -2.42. The zero-order valence-electron chi connectivity index (χ0n) is 26.1. The van der Waals surface area contributed by atoms with Crippen molar-refractivity contribution in [3.63, 3.8) is 0 Å². The zero-order chi connectivity index (χ0) is 30.3. The molecule has 43 heavy (non-hydrogen) atoms. The van der Waals surface area contributed by atoms with Crippen LogP contribution in [0.15, 0.2) is 18.2 Å². The Labute approximate surface area is 256 Å². The standard InChI is InChI=1S/C32H50N8O3/c1-4-20-43-28-21-23(8-11-27(28)40-14-12-24(13-15-40)39-18-16-38(3)17-19-39)35-32-29(30(33)42)36-26(5-2)31(37-32)34-22-6-9-25(41)10-7-22/h8,11,21-22,24-25,41H,4-7,9-10,12-20H2,1-3H3,(H2,33,42)(H2,34,35,37). The average molecular weight is 595 g/mol. The first-order valence-electron chi connectivity index (χ1n) is 16.2. The number of nitrogens with zero attached hydrogens (tertiary/aromatic N) is 5.